The molecule has 1 fully saturated rings. The Morgan fingerprint density at radius 3 is 2.74 bits per heavy atom. The molecule has 1 aromatic rings. The van der Waals surface area contributed by atoms with Crippen molar-refractivity contribution in [2.75, 3.05) is 13.1 Å². The highest BCUT2D eigenvalue weighted by Crippen LogP contribution is 2.22. The molecule has 1 saturated heterocycles. The summed E-state index contributed by atoms with van der Waals surface area (Å²) < 4.78 is 1.23. The molecule has 0 radical (unpaired) electrons. The molecule has 2 atom stereocenters. The fourth-order valence-electron chi connectivity index (χ4n) is 2.77. The molecule has 0 aliphatic carbocycles. The van der Waals surface area contributed by atoms with Gasteiger partial charge in [0.1, 0.15) is 0 Å². The van der Waals surface area contributed by atoms with Crippen molar-refractivity contribution in [1.82, 2.24) is 10.2 Å². The smallest absolute Gasteiger partial charge is 0.0249 e. The minimum atomic E-state index is 0.616. The maximum Gasteiger partial charge on any atom is 0.0249 e. The first-order valence-corrected chi connectivity index (χ1v) is 8.12. The van der Waals surface area contributed by atoms with Gasteiger partial charge in [-0.2, -0.15) is 0 Å². The van der Waals surface area contributed by atoms with E-state index in [1.54, 1.807) is 0 Å². The van der Waals surface area contributed by atoms with Crippen LogP contribution in [0.2, 0.25) is 0 Å². The van der Waals surface area contributed by atoms with E-state index in [0.717, 1.165) is 19.6 Å². The van der Waals surface area contributed by atoms with Crippen molar-refractivity contribution in [3.63, 3.8) is 0 Å². The van der Waals surface area contributed by atoms with Crippen LogP contribution in [-0.2, 0) is 6.54 Å². The van der Waals surface area contributed by atoms with E-state index < -0.39 is 0 Å². The molecule has 1 aliphatic heterocycles. The molecule has 3 heteroatoms. The van der Waals surface area contributed by atoms with E-state index >= 15 is 0 Å². The molecule has 0 spiro atoms. The summed E-state index contributed by atoms with van der Waals surface area (Å²) >= 11 is 3.67. The molecule has 2 rings (SSSR count). The van der Waals surface area contributed by atoms with Gasteiger partial charge < -0.3 is 5.32 Å². The predicted octanol–water partition coefficient (Wildman–Crippen LogP) is 3.66. The van der Waals surface area contributed by atoms with Gasteiger partial charge in [0.25, 0.3) is 0 Å². The van der Waals surface area contributed by atoms with Gasteiger partial charge in [0.2, 0.25) is 0 Å². The lowest BCUT2D eigenvalue weighted by Crippen LogP contribution is -2.57. The van der Waals surface area contributed by atoms with Gasteiger partial charge in [-0.1, -0.05) is 54.9 Å². The van der Waals surface area contributed by atoms with Gasteiger partial charge in [-0.05, 0) is 24.0 Å². The van der Waals surface area contributed by atoms with Gasteiger partial charge in [0, 0.05) is 36.2 Å². The minimum absolute atomic E-state index is 0.616. The number of nitrogens with zero attached hydrogens (tertiary/aromatic N) is 1. The number of piperazine rings is 1. The predicted molar refractivity (Wildman–Crippen MR) is 85.3 cm³/mol. The van der Waals surface area contributed by atoms with Crippen LogP contribution in [0.25, 0.3) is 0 Å². The second-order valence-corrected chi connectivity index (χ2v) is 6.70. The molecule has 0 amide bonds. The Labute approximate surface area is 125 Å². The Hall–Kier alpha value is -0.380. The normalized spacial score (nSPS) is 24.9. The monoisotopic (exact) mass is 324 g/mol. The maximum absolute atomic E-state index is 3.70. The van der Waals surface area contributed by atoms with Gasteiger partial charge >= 0.3 is 0 Å². The van der Waals surface area contributed by atoms with Crippen LogP contribution >= 0.6 is 15.9 Å². The molecule has 1 aliphatic rings. The van der Waals surface area contributed by atoms with Crippen molar-refractivity contribution in [1.29, 1.82) is 0 Å². The van der Waals surface area contributed by atoms with Crippen molar-refractivity contribution < 1.29 is 0 Å². The Kier molecular flexibility index (Phi) is 5.43. The Morgan fingerprint density at radius 1 is 1.37 bits per heavy atom. The van der Waals surface area contributed by atoms with Crippen molar-refractivity contribution in [2.24, 2.45) is 5.92 Å². The Balaban J connectivity index is 2.08. The van der Waals surface area contributed by atoms with Crippen LogP contribution < -0.4 is 5.32 Å². The molecule has 0 aromatic heterocycles. The van der Waals surface area contributed by atoms with Crippen molar-refractivity contribution in [2.45, 2.75) is 45.8 Å². The lowest BCUT2D eigenvalue weighted by molar-refractivity contribution is 0.103. The highest BCUT2D eigenvalue weighted by Gasteiger charge is 2.28. The van der Waals surface area contributed by atoms with Crippen molar-refractivity contribution >= 4 is 15.9 Å². The summed E-state index contributed by atoms with van der Waals surface area (Å²) in [7, 11) is 0. The number of hydrogen-bond donors (Lipinski definition) is 1. The highest BCUT2D eigenvalue weighted by molar-refractivity contribution is 9.10. The average molecular weight is 325 g/mol. The zero-order chi connectivity index (χ0) is 13.8. The maximum atomic E-state index is 3.70. The standard InChI is InChI=1S/C16H25BrN2/c1-4-14-9-18-16(12(2)3)11-19(14)10-13-7-5-6-8-15(13)17/h5-8,12,14,16,18H,4,9-11H2,1-3H3. The van der Waals surface area contributed by atoms with E-state index in [0.29, 0.717) is 18.0 Å². The SMILES string of the molecule is CCC1CNC(C(C)C)CN1Cc1ccccc1Br. The van der Waals surface area contributed by atoms with Crippen LogP contribution in [0.5, 0.6) is 0 Å². The molecule has 19 heavy (non-hydrogen) atoms. The van der Waals surface area contributed by atoms with E-state index in [1.165, 1.54) is 16.5 Å². The van der Waals surface area contributed by atoms with Crippen LogP contribution in [0, 0.1) is 5.92 Å². The van der Waals surface area contributed by atoms with E-state index in [1.807, 2.05) is 0 Å². The van der Waals surface area contributed by atoms with E-state index in [2.05, 4.69) is 71.2 Å². The molecule has 106 valence electrons. The third-order valence-corrected chi connectivity index (χ3v) is 4.94. The van der Waals surface area contributed by atoms with Crippen LogP contribution in [0.4, 0.5) is 0 Å². The molecule has 2 nitrogen and oxygen atoms in total. The van der Waals surface area contributed by atoms with Gasteiger partial charge in [-0.25, -0.2) is 0 Å². The summed E-state index contributed by atoms with van der Waals surface area (Å²) in [4.78, 5) is 2.64. The molecule has 2 unspecified atom stereocenters. The largest absolute Gasteiger partial charge is 0.311 e. The molecule has 1 aromatic carbocycles. The second kappa shape index (κ2) is 6.87. The van der Waals surface area contributed by atoms with Gasteiger partial charge in [-0.3, -0.25) is 4.90 Å². The summed E-state index contributed by atoms with van der Waals surface area (Å²) in [6, 6.07) is 9.84. The molecular formula is C16H25BrN2. The second-order valence-electron chi connectivity index (χ2n) is 5.84. The molecule has 1 N–H and O–H groups in total. The lowest BCUT2D eigenvalue weighted by atomic mass is 9.98. The molecule has 0 saturated carbocycles. The third-order valence-electron chi connectivity index (χ3n) is 4.17. The van der Waals surface area contributed by atoms with E-state index in [-0.39, 0.29) is 0 Å². The van der Waals surface area contributed by atoms with Crippen LogP contribution in [0.3, 0.4) is 0 Å². The summed E-state index contributed by atoms with van der Waals surface area (Å²) in [6.07, 6.45) is 1.21. The fourth-order valence-corrected chi connectivity index (χ4v) is 3.18. The number of benzene rings is 1. The Bertz CT molecular complexity index is 405. The summed E-state index contributed by atoms with van der Waals surface area (Å²) in [5.74, 6) is 0.694. The average Bonchev–Trinajstić information content (AvgIpc) is 2.41. The van der Waals surface area contributed by atoms with Gasteiger partial charge in [-0.15, -0.1) is 0 Å². The molecular weight excluding hydrogens is 300 g/mol. The van der Waals surface area contributed by atoms with Crippen LogP contribution in [0.15, 0.2) is 28.7 Å². The quantitative estimate of drug-likeness (QED) is 0.909. The first-order valence-electron chi connectivity index (χ1n) is 7.32. The first kappa shape index (κ1) is 15.0. The van der Waals surface area contributed by atoms with Crippen molar-refractivity contribution in [3.05, 3.63) is 34.3 Å². The topological polar surface area (TPSA) is 15.3 Å². The molecule has 1 heterocycles. The Morgan fingerprint density at radius 2 is 2.11 bits per heavy atom. The zero-order valence-electron chi connectivity index (χ0n) is 12.2. The van der Waals surface area contributed by atoms with Gasteiger partial charge in [0.05, 0.1) is 0 Å². The summed E-state index contributed by atoms with van der Waals surface area (Å²) in [5.41, 5.74) is 1.39. The first-order chi connectivity index (χ1) is 9.11. The summed E-state index contributed by atoms with van der Waals surface area (Å²) in [6.45, 7) is 10.2. The fraction of sp³-hybridized carbons (Fsp3) is 0.625. The highest BCUT2D eigenvalue weighted by atomic mass is 79.9. The van der Waals surface area contributed by atoms with E-state index in [9.17, 15) is 0 Å². The van der Waals surface area contributed by atoms with E-state index in [4.69, 9.17) is 0 Å². The number of hydrogen-bond acceptors (Lipinski definition) is 2. The van der Waals surface area contributed by atoms with Gasteiger partial charge in [0.15, 0.2) is 0 Å². The molecule has 0 bridgehead atoms. The summed E-state index contributed by atoms with van der Waals surface area (Å²) in [5, 5.41) is 3.70. The van der Waals surface area contributed by atoms with Crippen molar-refractivity contribution in [3.8, 4) is 0 Å². The number of nitrogens with one attached hydrogen (secondary N) is 1. The van der Waals surface area contributed by atoms with Crippen LogP contribution in [-0.4, -0.2) is 30.1 Å². The minimum Gasteiger partial charge on any atom is -0.311 e. The zero-order valence-corrected chi connectivity index (χ0v) is 13.8. The number of rotatable bonds is 4. The third kappa shape index (κ3) is 3.80. The number of halogens is 1. The van der Waals surface area contributed by atoms with Crippen LogP contribution in [0.1, 0.15) is 32.8 Å². The lowest BCUT2D eigenvalue weighted by Gasteiger charge is -2.41.